The molecule has 0 spiro atoms. The van der Waals surface area contributed by atoms with E-state index in [2.05, 4.69) is 24.7 Å². The fraction of sp³-hybridized carbons (Fsp3) is 0.308. The summed E-state index contributed by atoms with van der Waals surface area (Å²) in [6, 6.07) is 7.71. The molecular weight excluding hydrogens is 528 g/mol. The summed E-state index contributed by atoms with van der Waals surface area (Å²) in [6.07, 6.45) is 2.80. The van der Waals surface area contributed by atoms with Gasteiger partial charge in [-0.2, -0.15) is 0 Å². The standard InChI is InChI=1S/C22H21F2N7O2S.C4H10O/c1-12-8-13(15-4-2-5-17(18(15)24)31-34(32,33)7-3-6-23)9-16-19(12)29-21(30-20(16)25)14-10-27-22(26)28-11-14;1-3-5-4-2/h2,4-5,8-11,31H,3,6-7H2,1H3,(H2,25,29,30)(H2,26,27,28);3-4H2,1-2H3. The number of anilines is 3. The van der Waals surface area contributed by atoms with E-state index in [1.807, 2.05) is 13.8 Å². The minimum atomic E-state index is -3.89. The molecule has 208 valence electrons. The number of nitrogens with one attached hydrogen (secondary N) is 1. The largest absolute Gasteiger partial charge is 0.383 e. The molecule has 0 radical (unpaired) electrons. The summed E-state index contributed by atoms with van der Waals surface area (Å²) in [5.41, 5.74) is 13.9. The Bertz CT molecular complexity index is 1530. The molecule has 0 aliphatic heterocycles. The van der Waals surface area contributed by atoms with Gasteiger partial charge in [-0.15, -0.1) is 0 Å². The van der Waals surface area contributed by atoms with E-state index in [0.29, 0.717) is 33.4 Å². The van der Waals surface area contributed by atoms with Gasteiger partial charge in [-0.1, -0.05) is 12.1 Å². The molecular formula is C26H31F2N7O3S. The van der Waals surface area contributed by atoms with Crippen molar-refractivity contribution in [1.29, 1.82) is 0 Å². The maximum Gasteiger partial charge on any atom is 0.232 e. The lowest BCUT2D eigenvalue weighted by Crippen LogP contribution is -2.18. The van der Waals surface area contributed by atoms with Crippen molar-refractivity contribution in [3.05, 3.63) is 54.1 Å². The average molecular weight is 560 g/mol. The number of fused-ring (bicyclic) bond motifs is 1. The lowest BCUT2D eigenvalue weighted by molar-refractivity contribution is 0.162. The highest BCUT2D eigenvalue weighted by molar-refractivity contribution is 7.92. The van der Waals surface area contributed by atoms with Crippen LogP contribution in [0.2, 0.25) is 0 Å². The van der Waals surface area contributed by atoms with Crippen LogP contribution in [0.15, 0.2) is 42.7 Å². The Hall–Kier alpha value is -3.97. The second-order valence-electron chi connectivity index (χ2n) is 8.36. The molecule has 5 N–H and O–H groups in total. The number of benzene rings is 2. The van der Waals surface area contributed by atoms with Crippen molar-refractivity contribution in [2.24, 2.45) is 0 Å². The molecule has 4 aromatic rings. The van der Waals surface area contributed by atoms with Crippen molar-refractivity contribution in [3.8, 4) is 22.5 Å². The van der Waals surface area contributed by atoms with E-state index < -0.39 is 28.3 Å². The third-order valence-electron chi connectivity index (χ3n) is 5.48. The molecule has 4 rings (SSSR count). The number of hydrogen-bond acceptors (Lipinski definition) is 9. The third kappa shape index (κ3) is 7.54. The molecule has 0 amide bonds. The number of nitrogens with zero attached hydrogens (tertiary/aromatic N) is 4. The Kier molecular flexibility index (Phi) is 10.0. The molecule has 39 heavy (non-hydrogen) atoms. The number of alkyl halides is 1. The van der Waals surface area contributed by atoms with E-state index in [4.69, 9.17) is 16.2 Å². The van der Waals surface area contributed by atoms with Crippen LogP contribution in [0.5, 0.6) is 0 Å². The molecule has 13 heteroatoms. The van der Waals surface area contributed by atoms with Crippen LogP contribution in [0, 0.1) is 12.7 Å². The molecule has 10 nitrogen and oxygen atoms in total. The van der Waals surface area contributed by atoms with Gasteiger partial charge >= 0.3 is 0 Å². The Labute approximate surface area is 225 Å². The summed E-state index contributed by atoms with van der Waals surface area (Å²) in [4.78, 5) is 16.8. The van der Waals surface area contributed by atoms with Crippen LogP contribution in [0.3, 0.4) is 0 Å². The van der Waals surface area contributed by atoms with Crippen molar-refractivity contribution in [3.63, 3.8) is 0 Å². The highest BCUT2D eigenvalue weighted by atomic mass is 32.2. The minimum Gasteiger partial charge on any atom is -0.383 e. The molecule has 2 aromatic heterocycles. The van der Waals surface area contributed by atoms with Gasteiger partial charge < -0.3 is 16.2 Å². The molecule has 0 atom stereocenters. The molecule has 0 aliphatic carbocycles. The maximum absolute atomic E-state index is 15.3. The third-order valence-corrected chi connectivity index (χ3v) is 6.84. The summed E-state index contributed by atoms with van der Waals surface area (Å²) >= 11 is 0. The van der Waals surface area contributed by atoms with Gasteiger partial charge in [0.15, 0.2) is 11.6 Å². The Morgan fingerprint density at radius 1 is 1.03 bits per heavy atom. The van der Waals surface area contributed by atoms with Gasteiger partial charge in [0.05, 0.1) is 29.2 Å². The molecule has 2 aromatic carbocycles. The SMILES string of the molecule is CCOCC.Cc1cc(-c2cccc(NS(=O)(=O)CCCF)c2F)cc2c(N)nc(-c3cnc(N)nc3)nc12. The fourth-order valence-corrected chi connectivity index (χ4v) is 4.75. The van der Waals surface area contributed by atoms with E-state index in [0.717, 1.165) is 13.2 Å². The number of ether oxygens (including phenoxy) is 1. The number of aromatic nitrogens is 4. The molecule has 0 saturated carbocycles. The zero-order valence-electron chi connectivity index (χ0n) is 21.9. The summed E-state index contributed by atoms with van der Waals surface area (Å²) in [7, 11) is -3.89. The number of halogens is 2. The number of nitrogen functional groups attached to an aromatic ring is 2. The summed E-state index contributed by atoms with van der Waals surface area (Å²) in [5, 5.41) is 0.503. The second kappa shape index (κ2) is 13.2. The number of nitrogens with two attached hydrogens (primary N) is 2. The lowest BCUT2D eigenvalue weighted by atomic mass is 9.99. The Morgan fingerprint density at radius 2 is 1.72 bits per heavy atom. The molecule has 0 saturated heterocycles. The molecule has 0 fully saturated rings. The van der Waals surface area contributed by atoms with Gasteiger partial charge in [0.1, 0.15) is 5.82 Å². The lowest BCUT2D eigenvalue weighted by Gasteiger charge is -2.13. The normalized spacial score (nSPS) is 11.2. The average Bonchev–Trinajstić information content (AvgIpc) is 2.90. The monoisotopic (exact) mass is 559 g/mol. The number of aryl methyl sites for hydroxylation is 1. The number of rotatable bonds is 9. The first-order valence-corrected chi connectivity index (χ1v) is 13.8. The zero-order chi connectivity index (χ0) is 28.6. The van der Waals surface area contributed by atoms with Crippen molar-refractivity contribution < 1.29 is 21.9 Å². The van der Waals surface area contributed by atoms with Crippen LogP contribution in [0.25, 0.3) is 33.4 Å². The summed E-state index contributed by atoms with van der Waals surface area (Å²) < 4.78 is 58.9. The van der Waals surface area contributed by atoms with Gasteiger partial charge in [0, 0.05) is 36.6 Å². The van der Waals surface area contributed by atoms with Crippen LogP contribution in [0.1, 0.15) is 25.8 Å². The van der Waals surface area contributed by atoms with Gasteiger partial charge in [-0.3, -0.25) is 9.11 Å². The van der Waals surface area contributed by atoms with Gasteiger partial charge in [-0.25, -0.2) is 32.7 Å². The van der Waals surface area contributed by atoms with E-state index in [9.17, 15) is 12.8 Å². The molecule has 2 heterocycles. The minimum absolute atomic E-state index is 0.118. The first-order chi connectivity index (χ1) is 18.6. The summed E-state index contributed by atoms with van der Waals surface area (Å²) in [6.45, 7) is 6.68. The second-order valence-corrected chi connectivity index (χ2v) is 10.2. The smallest absolute Gasteiger partial charge is 0.232 e. The highest BCUT2D eigenvalue weighted by Crippen LogP contribution is 2.34. The van der Waals surface area contributed by atoms with Crippen LogP contribution in [-0.4, -0.2) is 54.0 Å². The molecule has 0 aliphatic rings. The maximum atomic E-state index is 15.3. The predicted molar refractivity (Wildman–Crippen MR) is 150 cm³/mol. The van der Waals surface area contributed by atoms with Crippen molar-refractivity contribution in [1.82, 2.24) is 19.9 Å². The van der Waals surface area contributed by atoms with E-state index >= 15 is 4.39 Å². The zero-order valence-corrected chi connectivity index (χ0v) is 22.7. The highest BCUT2D eigenvalue weighted by Gasteiger charge is 2.18. The molecule has 0 unspecified atom stereocenters. The van der Waals surface area contributed by atoms with Gasteiger partial charge in [0.25, 0.3) is 0 Å². The van der Waals surface area contributed by atoms with Crippen LogP contribution < -0.4 is 16.2 Å². The first-order valence-electron chi connectivity index (χ1n) is 12.2. The first kappa shape index (κ1) is 29.6. The van der Waals surface area contributed by atoms with E-state index in [1.165, 1.54) is 30.6 Å². The van der Waals surface area contributed by atoms with Crippen molar-refractivity contribution in [2.75, 3.05) is 41.8 Å². The van der Waals surface area contributed by atoms with Gasteiger partial charge in [0.2, 0.25) is 16.0 Å². The van der Waals surface area contributed by atoms with E-state index in [1.54, 1.807) is 19.1 Å². The number of hydrogen-bond donors (Lipinski definition) is 3. The van der Waals surface area contributed by atoms with Crippen LogP contribution in [0.4, 0.5) is 26.2 Å². The van der Waals surface area contributed by atoms with Crippen molar-refractivity contribution >= 4 is 38.4 Å². The Morgan fingerprint density at radius 3 is 2.33 bits per heavy atom. The summed E-state index contributed by atoms with van der Waals surface area (Å²) in [5.74, 6) is -0.605. The Balaban J connectivity index is 0.000000771. The quantitative estimate of drug-likeness (QED) is 0.268. The topological polar surface area (TPSA) is 159 Å². The van der Waals surface area contributed by atoms with Crippen LogP contribution >= 0.6 is 0 Å². The predicted octanol–water partition coefficient (Wildman–Crippen LogP) is 4.51. The van der Waals surface area contributed by atoms with Crippen LogP contribution in [-0.2, 0) is 14.8 Å². The molecule has 0 bridgehead atoms. The van der Waals surface area contributed by atoms with Crippen molar-refractivity contribution in [2.45, 2.75) is 27.2 Å². The van der Waals surface area contributed by atoms with Gasteiger partial charge in [-0.05, 0) is 56.5 Å². The fourth-order valence-electron chi connectivity index (χ4n) is 3.67. The number of sulfonamides is 1. The van der Waals surface area contributed by atoms with E-state index in [-0.39, 0.29) is 29.4 Å².